The van der Waals surface area contributed by atoms with Gasteiger partial charge in [-0.15, -0.1) is 0 Å². The molecule has 2 aliphatic rings. The zero-order chi connectivity index (χ0) is 21.6. The summed E-state index contributed by atoms with van der Waals surface area (Å²) in [6, 6.07) is 25.1. The van der Waals surface area contributed by atoms with Gasteiger partial charge in [0.25, 0.3) is 0 Å². The van der Waals surface area contributed by atoms with Crippen molar-refractivity contribution in [2.24, 2.45) is 5.92 Å². The predicted octanol–water partition coefficient (Wildman–Crippen LogP) is 4.79. The number of ether oxygens (including phenoxy) is 1. The third-order valence-corrected chi connectivity index (χ3v) is 6.32. The van der Waals surface area contributed by atoms with Crippen LogP contribution in [0.3, 0.4) is 0 Å². The lowest BCUT2D eigenvalue weighted by Crippen LogP contribution is -2.72. The quantitative estimate of drug-likeness (QED) is 0.586. The molecule has 2 heterocycles. The molecule has 156 valence electrons. The third-order valence-electron chi connectivity index (χ3n) is 6.02. The summed E-state index contributed by atoms with van der Waals surface area (Å²) < 4.78 is 6.57. The van der Waals surface area contributed by atoms with Crippen LogP contribution in [0.15, 0.2) is 78.9 Å². The van der Waals surface area contributed by atoms with Crippen LogP contribution in [0.25, 0.3) is 0 Å². The number of carbonyl (C=O) groups is 1. The number of nitrogens with zero attached hydrogens (tertiary/aromatic N) is 1. The van der Waals surface area contributed by atoms with Crippen LogP contribution in [0, 0.1) is 12.8 Å². The minimum absolute atomic E-state index is 0.125. The van der Waals surface area contributed by atoms with Gasteiger partial charge in [-0.05, 0) is 56.4 Å². The van der Waals surface area contributed by atoms with Crippen LogP contribution in [0.2, 0.25) is 0 Å². The molecule has 0 spiro atoms. The summed E-state index contributed by atoms with van der Waals surface area (Å²) in [5.74, 6) is 0.0850. The average Bonchev–Trinajstić information content (AvgIpc) is 2.75. The SMILES string of the molecule is Cc1ccc(N2C(=S)NC3c4ccccc4OC2(C)C3C(=O)Nc2ccccc2)cc1. The van der Waals surface area contributed by atoms with Crippen molar-refractivity contribution >= 4 is 34.6 Å². The van der Waals surface area contributed by atoms with E-state index in [4.69, 9.17) is 17.0 Å². The van der Waals surface area contributed by atoms with Crippen molar-refractivity contribution in [3.05, 3.63) is 90.0 Å². The number of amides is 1. The van der Waals surface area contributed by atoms with Crippen LogP contribution in [-0.2, 0) is 4.79 Å². The Labute approximate surface area is 187 Å². The minimum atomic E-state index is -1.00. The van der Waals surface area contributed by atoms with E-state index >= 15 is 0 Å². The predicted molar refractivity (Wildman–Crippen MR) is 126 cm³/mol. The van der Waals surface area contributed by atoms with Crippen LogP contribution < -0.4 is 20.3 Å². The standard InChI is InChI=1S/C25H23N3O2S/c1-16-12-14-18(15-13-16)28-24(31)27-22-19-10-6-7-11-20(19)30-25(28,2)21(22)23(29)26-17-8-4-3-5-9-17/h3-15,21-22H,1-2H3,(H,26,29)(H,27,31). The van der Waals surface area contributed by atoms with E-state index in [1.807, 2.05) is 97.6 Å². The second kappa shape index (κ2) is 7.39. The van der Waals surface area contributed by atoms with Crippen molar-refractivity contribution < 1.29 is 9.53 Å². The molecule has 31 heavy (non-hydrogen) atoms. The van der Waals surface area contributed by atoms with E-state index < -0.39 is 11.6 Å². The van der Waals surface area contributed by atoms with Crippen LogP contribution >= 0.6 is 12.2 Å². The first-order chi connectivity index (χ1) is 15.0. The molecule has 3 aromatic rings. The fourth-order valence-corrected chi connectivity index (χ4v) is 4.97. The van der Waals surface area contributed by atoms with Crippen molar-refractivity contribution in [1.29, 1.82) is 0 Å². The number of thiocarbonyl (C=S) groups is 1. The summed E-state index contributed by atoms with van der Waals surface area (Å²) in [4.78, 5) is 15.6. The Morgan fingerprint density at radius 1 is 1.03 bits per heavy atom. The van der Waals surface area contributed by atoms with Crippen molar-refractivity contribution in [3.63, 3.8) is 0 Å². The molecule has 5 rings (SSSR count). The molecule has 1 saturated heterocycles. The van der Waals surface area contributed by atoms with Gasteiger partial charge < -0.3 is 15.4 Å². The highest BCUT2D eigenvalue weighted by molar-refractivity contribution is 7.80. The second-order valence-electron chi connectivity index (χ2n) is 8.13. The van der Waals surface area contributed by atoms with E-state index in [9.17, 15) is 4.79 Å². The monoisotopic (exact) mass is 429 g/mol. The number of nitrogens with one attached hydrogen (secondary N) is 2. The van der Waals surface area contributed by atoms with Gasteiger partial charge in [0, 0.05) is 16.9 Å². The maximum Gasteiger partial charge on any atom is 0.236 e. The number of anilines is 2. The summed E-state index contributed by atoms with van der Waals surface area (Å²) >= 11 is 5.77. The van der Waals surface area contributed by atoms with Crippen molar-refractivity contribution in [2.45, 2.75) is 25.6 Å². The molecule has 3 atom stereocenters. The molecule has 0 saturated carbocycles. The summed E-state index contributed by atoms with van der Waals surface area (Å²) in [6.07, 6.45) is 0. The number of carbonyl (C=O) groups excluding carboxylic acids is 1. The maximum atomic E-state index is 13.6. The molecule has 2 bridgehead atoms. The van der Waals surface area contributed by atoms with Gasteiger partial charge in [-0.1, -0.05) is 54.1 Å². The fourth-order valence-electron chi connectivity index (χ4n) is 4.55. The Bertz CT molecular complexity index is 1150. The summed E-state index contributed by atoms with van der Waals surface area (Å²) in [5.41, 5.74) is 2.70. The highest BCUT2D eigenvalue weighted by atomic mass is 32.1. The summed E-state index contributed by atoms with van der Waals surface area (Å²) in [5, 5.41) is 7.03. The number of hydrogen-bond donors (Lipinski definition) is 2. The Balaban J connectivity index is 1.62. The lowest BCUT2D eigenvalue weighted by molar-refractivity contribution is -0.130. The van der Waals surface area contributed by atoms with Crippen molar-refractivity contribution in [2.75, 3.05) is 10.2 Å². The molecule has 1 fully saturated rings. The Morgan fingerprint density at radius 3 is 2.45 bits per heavy atom. The highest BCUT2D eigenvalue weighted by Crippen LogP contribution is 2.49. The summed E-state index contributed by atoms with van der Waals surface area (Å²) in [6.45, 7) is 3.98. The molecule has 2 N–H and O–H groups in total. The number of aryl methyl sites for hydroxylation is 1. The lowest BCUT2D eigenvalue weighted by Gasteiger charge is -2.56. The molecule has 5 nitrogen and oxygen atoms in total. The Morgan fingerprint density at radius 2 is 1.71 bits per heavy atom. The van der Waals surface area contributed by atoms with E-state index in [1.165, 1.54) is 0 Å². The normalized spacial score (nSPS) is 23.9. The van der Waals surface area contributed by atoms with E-state index in [-0.39, 0.29) is 11.9 Å². The first-order valence-corrected chi connectivity index (χ1v) is 10.7. The zero-order valence-corrected chi connectivity index (χ0v) is 18.1. The lowest BCUT2D eigenvalue weighted by atomic mass is 9.78. The molecule has 0 radical (unpaired) electrons. The molecule has 0 aromatic heterocycles. The van der Waals surface area contributed by atoms with Gasteiger partial charge >= 0.3 is 0 Å². The number of rotatable bonds is 3. The van der Waals surface area contributed by atoms with Crippen molar-refractivity contribution in [3.8, 4) is 5.75 Å². The molecule has 3 unspecified atom stereocenters. The first kappa shape index (κ1) is 19.6. The fraction of sp³-hybridized carbons (Fsp3) is 0.200. The van der Waals surface area contributed by atoms with Gasteiger partial charge in [0.1, 0.15) is 11.7 Å². The number of fused-ring (bicyclic) bond motifs is 4. The molecular weight excluding hydrogens is 406 g/mol. The first-order valence-electron chi connectivity index (χ1n) is 10.3. The molecule has 6 heteroatoms. The van der Waals surface area contributed by atoms with Gasteiger partial charge in [-0.3, -0.25) is 9.69 Å². The number of benzene rings is 3. The highest BCUT2D eigenvalue weighted by Gasteiger charge is 2.59. The molecule has 2 aliphatic heterocycles. The van der Waals surface area contributed by atoms with Crippen LogP contribution in [0.5, 0.6) is 5.75 Å². The van der Waals surface area contributed by atoms with Crippen LogP contribution in [0.4, 0.5) is 11.4 Å². The van der Waals surface area contributed by atoms with E-state index in [0.717, 1.165) is 28.3 Å². The minimum Gasteiger partial charge on any atom is -0.467 e. The topological polar surface area (TPSA) is 53.6 Å². The molecule has 1 amide bonds. The Kier molecular flexibility index (Phi) is 4.67. The van der Waals surface area contributed by atoms with Gasteiger partial charge in [-0.25, -0.2) is 0 Å². The maximum absolute atomic E-state index is 13.6. The zero-order valence-electron chi connectivity index (χ0n) is 17.3. The van der Waals surface area contributed by atoms with E-state index in [1.54, 1.807) is 0 Å². The smallest absolute Gasteiger partial charge is 0.236 e. The number of hydrogen-bond acceptors (Lipinski definition) is 3. The van der Waals surface area contributed by atoms with E-state index in [0.29, 0.717) is 5.11 Å². The van der Waals surface area contributed by atoms with E-state index in [2.05, 4.69) is 10.6 Å². The largest absolute Gasteiger partial charge is 0.467 e. The average molecular weight is 430 g/mol. The Hall–Kier alpha value is -3.38. The third kappa shape index (κ3) is 3.24. The van der Waals surface area contributed by atoms with Crippen molar-refractivity contribution in [1.82, 2.24) is 5.32 Å². The van der Waals surface area contributed by atoms with Gasteiger partial charge in [-0.2, -0.15) is 0 Å². The second-order valence-corrected chi connectivity index (χ2v) is 8.51. The van der Waals surface area contributed by atoms with Gasteiger partial charge in [0.05, 0.1) is 6.04 Å². The van der Waals surface area contributed by atoms with Crippen LogP contribution in [0.1, 0.15) is 24.1 Å². The summed E-state index contributed by atoms with van der Waals surface area (Å²) in [7, 11) is 0. The molecular formula is C25H23N3O2S. The molecule has 3 aromatic carbocycles. The van der Waals surface area contributed by atoms with Gasteiger partial charge in [0.15, 0.2) is 10.8 Å². The molecule has 0 aliphatic carbocycles. The number of para-hydroxylation sites is 2. The van der Waals surface area contributed by atoms with Crippen LogP contribution in [-0.4, -0.2) is 16.7 Å². The van der Waals surface area contributed by atoms with Gasteiger partial charge in [0.2, 0.25) is 5.91 Å².